The van der Waals surface area contributed by atoms with Gasteiger partial charge in [0.05, 0.1) is 25.2 Å². The maximum absolute atomic E-state index is 5.54. The summed E-state index contributed by atoms with van der Waals surface area (Å²) in [7, 11) is 1.68. The summed E-state index contributed by atoms with van der Waals surface area (Å²) in [5, 5.41) is 3.43. The van der Waals surface area contributed by atoms with Crippen molar-refractivity contribution in [3.63, 3.8) is 0 Å². The molecular weight excluding hydrogens is 322 g/mol. The highest BCUT2D eigenvalue weighted by molar-refractivity contribution is 5.68. The van der Waals surface area contributed by atoms with E-state index in [2.05, 4.69) is 55.3 Å². The van der Waals surface area contributed by atoms with E-state index in [9.17, 15) is 0 Å². The van der Waals surface area contributed by atoms with Crippen molar-refractivity contribution >= 4 is 5.82 Å². The molecule has 0 saturated heterocycles. The third kappa shape index (κ3) is 4.02. The van der Waals surface area contributed by atoms with Crippen LogP contribution in [0.1, 0.15) is 43.9 Å². The van der Waals surface area contributed by atoms with Crippen LogP contribution in [-0.2, 0) is 0 Å². The molecule has 1 N–H and O–H groups in total. The molecule has 0 aliphatic rings. The van der Waals surface area contributed by atoms with Gasteiger partial charge in [-0.3, -0.25) is 4.98 Å². The fourth-order valence-corrected chi connectivity index (χ4v) is 2.90. The van der Waals surface area contributed by atoms with E-state index in [0.29, 0.717) is 5.92 Å². The molecule has 3 rings (SSSR count). The maximum atomic E-state index is 5.54. The minimum atomic E-state index is 0.143. The van der Waals surface area contributed by atoms with E-state index in [-0.39, 0.29) is 6.04 Å². The van der Waals surface area contributed by atoms with Gasteiger partial charge < -0.3 is 10.1 Å². The van der Waals surface area contributed by atoms with E-state index < -0.39 is 0 Å². The lowest BCUT2D eigenvalue weighted by atomic mass is 9.99. The number of nitrogens with zero attached hydrogens (tertiary/aromatic N) is 2. The lowest BCUT2D eigenvalue weighted by Gasteiger charge is -2.16. The second-order valence-electron chi connectivity index (χ2n) is 6.68. The lowest BCUT2D eigenvalue weighted by Crippen LogP contribution is -2.08. The standard InChI is InChI=1S/C22H25N3O/c1-15(2)18-10-11-21(26-4)19(12-18)20-13-23-14-22(25-20)24-16(3)17-8-6-5-7-9-17/h5-16H,1-4H3,(H,24,25)/t16-/m1/s1. The lowest BCUT2D eigenvalue weighted by molar-refractivity contribution is 0.416. The second kappa shape index (κ2) is 8.00. The van der Waals surface area contributed by atoms with Gasteiger partial charge in [0.2, 0.25) is 0 Å². The Balaban J connectivity index is 1.91. The molecular formula is C22H25N3O. The largest absolute Gasteiger partial charge is 0.496 e. The number of ether oxygens (including phenoxy) is 1. The van der Waals surface area contributed by atoms with Crippen molar-refractivity contribution < 1.29 is 4.74 Å². The molecule has 1 heterocycles. The van der Waals surface area contributed by atoms with Gasteiger partial charge in [-0.1, -0.05) is 50.2 Å². The highest BCUT2D eigenvalue weighted by Crippen LogP contribution is 2.32. The Hall–Kier alpha value is -2.88. The summed E-state index contributed by atoms with van der Waals surface area (Å²) in [5.74, 6) is 1.99. The number of benzene rings is 2. The zero-order chi connectivity index (χ0) is 18.5. The van der Waals surface area contributed by atoms with Crippen molar-refractivity contribution in [2.75, 3.05) is 12.4 Å². The highest BCUT2D eigenvalue weighted by atomic mass is 16.5. The number of aromatic nitrogens is 2. The molecule has 1 aromatic heterocycles. The number of anilines is 1. The highest BCUT2D eigenvalue weighted by Gasteiger charge is 2.12. The van der Waals surface area contributed by atoms with Gasteiger partial charge in [0, 0.05) is 11.6 Å². The minimum absolute atomic E-state index is 0.143. The predicted octanol–water partition coefficient (Wildman–Crippen LogP) is 5.45. The van der Waals surface area contributed by atoms with Gasteiger partial charge in [0.1, 0.15) is 11.6 Å². The van der Waals surface area contributed by atoms with Gasteiger partial charge in [0.15, 0.2) is 0 Å². The summed E-state index contributed by atoms with van der Waals surface area (Å²) < 4.78 is 5.54. The molecule has 0 saturated carbocycles. The first-order valence-electron chi connectivity index (χ1n) is 8.90. The topological polar surface area (TPSA) is 47.0 Å². The Bertz CT molecular complexity index is 862. The quantitative estimate of drug-likeness (QED) is 0.644. The van der Waals surface area contributed by atoms with Gasteiger partial charge >= 0.3 is 0 Å². The van der Waals surface area contributed by atoms with Crippen molar-refractivity contribution in [1.29, 1.82) is 0 Å². The van der Waals surface area contributed by atoms with E-state index in [4.69, 9.17) is 9.72 Å². The molecule has 4 heteroatoms. The fraction of sp³-hybridized carbons (Fsp3) is 0.273. The number of rotatable bonds is 6. The third-order valence-corrected chi connectivity index (χ3v) is 4.46. The molecule has 0 spiro atoms. The molecule has 0 radical (unpaired) electrons. The maximum Gasteiger partial charge on any atom is 0.145 e. The number of nitrogens with one attached hydrogen (secondary N) is 1. The fourth-order valence-electron chi connectivity index (χ4n) is 2.90. The molecule has 1 atom stereocenters. The number of methoxy groups -OCH3 is 1. The van der Waals surface area contributed by atoms with Gasteiger partial charge in [-0.2, -0.15) is 0 Å². The molecule has 0 bridgehead atoms. The Labute approximate surface area is 155 Å². The van der Waals surface area contributed by atoms with Crippen LogP contribution >= 0.6 is 0 Å². The molecule has 0 aliphatic heterocycles. The summed E-state index contributed by atoms with van der Waals surface area (Å²) >= 11 is 0. The number of hydrogen-bond donors (Lipinski definition) is 1. The van der Waals surface area contributed by atoms with Gasteiger partial charge in [0.25, 0.3) is 0 Å². The van der Waals surface area contributed by atoms with E-state index in [1.807, 2.05) is 24.3 Å². The smallest absolute Gasteiger partial charge is 0.145 e. The summed E-state index contributed by atoms with van der Waals surface area (Å²) in [6.07, 6.45) is 3.53. The molecule has 0 unspecified atom stereocenters. The first-order valence-corrected chi connectivity index (χ1v) is 8.90. The van der Waals surface area contributed by atoms with E-state index in [0.717, 1.165) is 22.8 Å². The van der Waals surface area contributed by atoms with Crippen LogP contribution in [0.25, 0.3) is 11.3 Å². The summed E-state index contributed by atoms with van der Waals surface area (Å²) in [4.78, 5) is 9.14. The molecule has 2 aromatic carbocycles. The summed E-state index contributed by atoms with van der Waals surface area (Å²) in [6, 6.07) is 16.7. The second-order valence-corrected chi connectivity index (χ2v) is 6.68. The third-order valence-electron chi connectivity index (χ3n) is 4.46. The monoisotopic (exact) mass is 347 g/mol. The molecule has 134 valence electrons. The zero-order valence-electron chi connectivity index (χ0n) is 15.7. The molecule has 0 aliphatic carbocycles. The van der Waals surface area contributed by atoms with Crippen molar-refractivity contribution in [3.8, 4) is 17.0 Å². The van der Waals surface area contributed by atoms with E-state index >= 15 is 0 Å². The zero-order valence-corrected chi connectivity index (χ0v) is 15.7. The molecule has 0 fully saturated rings. The Morgan fingerprint density at radius 2 is 1.69 bits per heavy atom. The average molecular weight is 347 g/mol. The minimum Gasteiger partial charge on any atom is -0.496 e. The van der Waals surface area contributed by atoms with Crippen molar-refractivity contribution in [2.45, 2.75) is 32.7 Å². The normalized spacial score (nSPS) is 12.0. The van der Waals surface area contributed by atoms with Crippen LogP contribution in [0.4, 0.5) is 5.82 Å². The van der Waals surface area contributed by atoms with Crippen LogP contribution in [0.3, 0.4) is 0 Å². The van der Waals surface area contributed by atoms with Crippen molar-refractivity contribution in [2.24, 2.45) is 0 Å². The van der Waals surface area contributed by atoms with Gasteiger partial charge in [-0.25, -0.2) is 4.98 Å². The molecule has 26 heavy (non-hydrogen) atoms. The van der Waals surface area contributed by atoms with Crippen LogP contribution in [-0.4, -0.2) is 17.1 Å². The van der Waals surface area contributed by atoms with Crippen LogP contribution < -0.4 is 10.1 Å². The van der Waals surface area contributed by atoms with Crippen molar-refractivity contribution in [3.05, 3.63) is 72.1 Å². The van der Waals surface area contributed by atoms with Crippen LogP contribution in [0.15, 0.2) is 60.9 Å². The first-order chi connectivity index (χ1) is 12.6. The Morgan fingerprint density at radius 1 is 0.923 bits per heavy atom. The van der Waals surface area contributed by atoms with Crippen LogP contribution in [0.2, 0.25) is 0 Å². The van der Waals surface area contributed by atoms with Gasteiger partial charge in [-0.05, 0) is 36.1 Å². The Kier molecular flexibility index (Phi) is 5.52. The molecule has 0 amide bonds. The van der Waals surface area contributed by atoms with Crippen LogP contribution in [0, 0.1) is 0 Å². The SMILES string of the molecule is COc1ccc(C(C)C)cc1-c1cncc(N[C@H](C)c2ccccc2)n1. The van der Waals surface area contributed by atoms with Crippen molar-refractivity contribution in [1.82, 2.24) is 9.97 Å². The summed E-state index contributed by atoms with van der Waals surface area (Å²) in [5.41, 5.74) is 4.22. The average Bonchev–Trinajstić information content (AvgIpc) is 2.68. The number of hydrogen-bond acceptors (Lipinski definition) is 4. The summed E-state index contributed by atoms with van der Waals surface area (Å²) in [6.45, 7) is 6.47. The molecule has 3 aromatic rings. The Morgan fingerprint density at radius 3 is 2.38 bits per heavy atom. The first kappa shape index (κ1) is 17.9. The van der Waals surface area contributed by atoms with E-state index in [1.165, 1.54) is 11.1 Å². The molecule has 4 nitrogen and oxygen atoms in total. The predicted molar refractivity (Wildman–Crippen MR) is 107 cm³/mol. The van der Waals surface area contributed by atoms with E-state index in [1.54, 1.807) is 19.5 Å². The van der Waals surface area contributed by atoms with Gasteiger partial charge in [-0.15, -0.1) is 0 Å². The van der Waals surface area contributed by atoms with Crippen LogP contribution in [0.5, 0.6) is 5.75 Å².